The van der Waals surface area contributed by atoms with Crippen LogP contribution in [-0.4, -0.2) is 45.3 Å². The summed E-state index contributed by atoms with van der Waals surface area (Å²) in [7, 11) is 1.67. The van der Waals surface area contributed by atoms with Crippen molar-refractivity contribution in [3.8, 4) is 11.8 Å². The van der Waals surface area contributed by atoms with E-state index in [1.807, 2.05) is 60.7 Å². The fraction of sp³-hybridized carbons (Fsp3) is 0.295. The van der Waals surface area contributed by atoms with Crippen LogP contribution in [0.4, 0.5) is 0 Å². The molecule has 51 heavy (non-hydrogen) atoms. The van der Waals surface area contributed by atoms with E-state index in [9.17, 15) is 5.26 Å². The maximum atomic E-state index is 9.53. The monoisotopic (exact) mass is 683 g/mol. The van der Waals surface area contributed by atoms with Crippen LogP contribution >= 0.6 is 0 Å². The fourth-order valence-electron chi connectivity index (χ4n) is 6.10. The average molecular weight is 684 g/mol. The molecule has 0 heterocycles. The number of nitriles is 1. The van der Waals surface area contributed by atoms with Gasteiger partial charge in [-0.15, -0.1) is 0 Å². The third-order valence-corrected chi connectivity index (χ3v) is 8.79. The molecule has 0 spiro atoms. The highest BCUT2D eigenvalue weighted by Crippen LogP contribution is 2.20. The molecule has 0 bridgehead atoms. The number of hydrogen-bond acceptors (Lipinski definition) is 7. The lowest BCUT2D eigenvalue weighted by Crippen LogP contribution is -2.54. The molecular weight excluding hydrogens is 635 g/mol. The number of nitrogens with zero attached hydrogens (tertiary/aromatic N) is 1. The van der Waals surface area contributed by atoms with Gasteiger partial charge in [0.25, 0.3) is 0 Å². The van der Waals surface area contributed by atoms with Crippen molar-refractivity contribution in [2.24, 2.45) is 0 Å². The number of hydrogen-bond donors (Lipinski definition) is 2. The van der Waals surface area contributed by atoms with Gasteiger partial charge in [0.1, 0.15) is 19.1 Å². The topological polar surface area (TPSA) is 84.8 Å². The lowest BCUT2D eigenvalue weighted by molar-refractivity contribution is -0.117. The number of ether oxygens (including phenoxy) is 4. The van der Waals surface area contributed by atoms with Crippen molar-refractivity contribution in [2.75, 3.05) is 27.1 Å². The Morgan fingerprint density at radius 2 is 1.24 bits per heavy atom. The summed E-state index contributed by atoms with van der Waals surface area (Å²) < 4.78 is 24.0. The van der Waals surface area contributed by atoms with E-state index < -0.39 is 0 Å². The maximum Gasteiger partial charge on any atom is 0.147 e. The van der Waals surface area contributed by atoms with Crippen LogP contribution in [0.2, 0.25) is 0 Å². The number of nitrogens with one attached hydrogen (secondary N) is 2. The van der Waals surface area contributed by atoms with E-state index in [1.165, 1.54) is 11.1 Å². The van der Waals surface area contributed by atoms with Crippen LogP contribution in [-0.2, 0) is 46.7 Å². The zero-order valence-corrected chi connectivity index (χ0v) is 29.5. The molecule has 0 aliphatic carbocycles. The van der Waals surface area contributed by atoms with E-state index in [0.29, 0.717) is 38.5 Å². The van der Waals surface area contributed by atoms with Gasteiger partial charge in [-0.3, -0.25) is 0 Å². The van der Waals surface area contributed by atoms with E-state index in [1.54, 1.807) is 7.11 Å². The van der Waals surface area contributed by atoms with Gasteiger partial charge in [0, 0.05) is 32.3 Å². The molecule has 0 aliphatic heterocycles. The van der Waals surface area contributed by atoms with Gasteiger partial charge in [0.2, 0.25) is 0 Å². The fourth-order valence-corrected chi connectivity index (χ4v) is 6.10. The smallest absolute Gasteiger partial charge is 0.147 e. The van der Waals surface area contributed by atoms with Gasteiger partial charge in [0.15, 0.2) is 0 Å². The molecule has 2 N–H and O–H groups in total. The molecule has 7 heteroatoms. The molecule has 3 atom stereocenters. The Labute approximate surface area is 303 Å². The van der Waals surface area contributed by atoms with Crippen LogP contribution in [0, 0.1) is 11.3 Å². The molecule has 0 fully saturated rings. The number of rotatable bonds is 22. The van der Waals surface area contributed by atoms with E-state index in [-0.39, 0.29) is 25.0 Å². The minimum absolute atomic E-state index is 0.0521. The zero-order chi connectivity index (χ0) is 35.4. The Morgan fingerprint density at radius 1 is 0.627 bits per heavy atom. The highest BCUT2D eigenvalue weighted by Gasteiger charge is 2.31. The molecule has 5 aromatic rings. The van der Waals surface area contributed by atoms with Crippen molar-refractivity contribution in [2.45, 2.75) is 57.1 Å². The van der Waals surface area contributed by atoms with Crippen LogP contribution in [0.5, 0.6) is 5.75 Å². The van der Waals surface area contributed by atoms with Gasteiger partial charge in [-0.05, 0) is 71.3 Å². The van der Waals surface area contributed by atoms with Crippen molar-refractivity contribution >= 4 is 0 Å². The van der Waals surface area contributed by atoms with Crippen LogP contribution in [0.25, 0.3) is 0 Å². The van der Waals surface area contributed by atoms with Crippen molar-refractivity contribution in [1.29, 1.82) is 5.26 Å². The Morgan fingerprint density at radius 3 is 1.92 bits per heavy atom. The number of aryl methyl sites for hydroxylation is 1. The molecule has 0 aliphatic rings. The van der Waals surface area contributed by atoms with Crippen LogP contribution in [0.1, 0.15) is 39.8 Å². The van der Waals surface area contributed by atoms with Gasteiger partial charge in [-0.2, -0.15) is 5.26 Å². The van der Waals surface area contributed by atoms with Gasteiger partial charge >= 0.3 is 0 Å². The van der Waals surface area contributed by atoms with Crippen molar-refractivity contribution < 1.29 is 18.9 Å². The molecule has 0 unspecified atom stereocenters. The van der Waals surface area contributed by atoms with Crippen LogP contribution in [0.3, 0.4) is 0 Å². The minimum Gasteiger partial charge on any atom is -0.489 e. The Hall–Kier alpha value is -4.81. The van der Waals surface area contributed by atoms with E-state index in [4.69, 9.17) is 18.9 Å². The molecule has 5 aromatic carbocycles. The average Bonchev–Trinajstić information content (AvgIpc) is 3.19. The standard InChI is InChI=1S/C44H49N3O4/c1-48-25-26-49-34-51-44(42(24-23-35-13-5-2-6-14-35)46-31-39-20-11-19-38(27-39)30-45)43(29-36-15-7-3-8-16-36)47-32-40-21-12-22-41(28-40)50-33-37-17-9-4-10-18-37/h2-22,27-28,42-44,46-47H,23-26,29,31-34H2,1H3/t42-,43-,44-/m1/s1. The van der Waals surface area contributed by atoms with Crippen molar-refractivity contribution in [3.63, 3.8) is 0 Å². The number of benzene rings is 5. The molecule has 7 nitrogen and oxygen atoms in total. The molecular formula is C44H49N3O4. The van der Waals surface area contributed by atoms with Gasteiger partial charge in [0.05, 0.1) is 31.0 Å². The quantitative estimate of drug-likeness (QED) is 0.0573. The lowest BCUT2D eigenvalue weighted by atomic mass is 9.92. The minimum atomic E-state index is -0.270. The maximum absolute atomic E-state index is 9.53. The first kappa shape index (κ1) is 37.4. The molecule has 0 amide bonds. The van der Waals surface area contributed by atoms with Gasteiger partial charge in [-0.1, -0.05) is 115 Å². The van der Waals surface area contributed by atoms with E-state index >= 15 is 0 Å². The van der Waals surface area contributed by atoms with Crippen molar-refractivity contribution in [1.82, 2.24) is 10.6 Å². The largest absolute Gasteiger partial charge is 0.489 e. The van der Waals surface area contributed by atoms with Crippen molar-refractivity contribution in [3.05, 3.63) is 173 Å². The first-order chi connectivity index (χ1) is 25.2. The highest BCUT2D eigenvalue weighted by molar-refractivity contribution is 5.33. The predicted octanol–water partition coefficient (Wildman–Crippen LogP) is 7.64. The zero-order valence-electron chi connectivity index (χ0n) is 29.5. The lowest BCUT2D eigenvalue weighted by Gasteiger charge is -2.35. The highest BCUT2D eigenvalue weighted by atomic mass is 16.7. The van der Waals surface area contributed by atoms with Gasteiger partial charge in [-0.25, -0.2) is 0 Å². The first-order valence-electron chi connectivity index (χ1n) is 17.7. The second kappa shape index (κ2) is 21.4. The van der Waals surface area contributed by atoms with E-state index in [0.717, 1.165) is 41.7 Å². The molecule has 0 aromatic heterocycles. The van der Waals surface area contributed by atoms with E-state index in [2.05, 4.69) is 95.6 Å². The summed E-state index contributed by atoms with van der Waals surface area (Å²) in [5, 5.41) is 17.3. The SMILES string of the molecule is COCCOCO[C@H]([C@@H](CCc1ccccc1)NCc1cccc(C#N)c1)[C@@H](Cc1ccccc1)NCc1cccc(OCc2ccccc2)c1. The number of methoxy groups -OCH3 is 1. The summed E-state index contributed by atoms with van der Waals surface area (Å²) in [5.74, 6) is 0.833. The Bertz CT molecular complexity index is 1730. The summed E-state index contributed by atoms with van der Waals surface area (Å²) >= 11 is 0. The second-order valence-electron chi connectivity index (χ2n) is 12.6. The third-order valence-electron chi connectivity index (χ3n) is 8.79. The third kappa shape index (κ3) is 13.1. The Kier molecular flexibility index (Phi) is 15.7. The molecule has 5 rings (SSSR count). The molecule has 0 saturated heterocycles. The molecule has 264 valence electrons. The van der Waals surface area contributed by atoms with Crippen LogP contribution in [0.15, 0.2) is 140 Å². The summed E-state index contributed by atoms with van der Waals surface area (Å²) in [4.78, 5) is 0. The molecule has 0 radical (unpaired) electrons. The second-order valence-corrected chi connectivity index (χ2v) is 12.6. The first-order valence-corrected chi connectivity index (χ1v) is 17.7. The summed E-state index contributed by atoms with van der Waals surface area (Å²) in [6.07, 6.45) is 2.19. The van der Waals surface area contributed by atoms with Crippen LogP contribution < -0.4 is 15.4 Å². The predicted molar refractivity (Wildman–Crippen MR) is 202 cm³/mol. The summed E-state index contributed by atoms with van der Waals surface area (Å²) in [6.45, 7) is 2.81. The Balaban J connectivity index is 1.40. The summed E-state index contributed by atoms with van der Waals surface area (Å²) in [6, 6.07) is 49.5. The molecule has 0 saturated carbocycles. The van der Waals surface area contributed by atoms with Gasteiger partial charge < -0.3 is 29.6 Å². The summed E-state index contributed by atoms with van der Waals surface area (Å²) in [5.41, 5.74) is 6.43. The normalized spacial score (nSPS) is 12.9.